The monoisotopic (exact) mass is 452 g/mol. The minimum Gasteiger partial charge on any atom is -0.341 e. The van der Waals surface area contributed by atoms with Crippen LogP contribution in [0.3, 0.4) is 0 Å². The fourth-order valence-electron chi connectivity index (χ4n) is 4.05. The summed E-state index contributed by atoms with van der Waals surface area (Å²) in [6, 6.07) is 29.8. The summed E-state index contributed by atoms with van der Waals surface area (Å²) in [7, 11) is 0. The topological polar surface area (TPSA) is 59.0 Å². The molecule has 0 N–H and O–H groups in total. The van der Waals surface area contributed by atoms with Crippen molar-refractivity contribution in [3.63, 3.8) is 0 Å². The third kappa shape index (κ3) is 4.81. The van der Waals surface area contributed by atoms with Gasteiger partial charge < -0.3 is 4.90 Å². The van der Waals surface area contributed by atoms with Crippen molar-refractivity contribution in [2.75, 3.05) is 13.1 Å². The van der Waals surface area contributed by atoms with E-state index in [4.69, 9.17) is 4.98 Å². The van der Waals surface area contributed by atoms with Gasteiger partial charge in [-0.15, -0.1) is 10.2 Å². The molecule has 1 aliphatic rings. The van der Waals surface area contributed by atoms with E-state index in [1.165, 1.54) is 11.8 Å². The van der Waals surface area contributed by atoms with Crippen molar-refractivity contribution in [2.24, 2.45) is 0 Å². The number of carbonyl (C=O) groups excluding carboxylic acids is 1. The molecule has 0 unspecified atom stereocenters. The Bertz CT molecular complexity index is 1210. The lowest BCUT2D eigenvalue weighted by Gasteiger charge is -2.22. The van der Waals surface area contributed by atoms with Crippen LogP contribution in [0.5, 0.6) is 0 Å². The molecule has 33 heavy (non-hydrogen) atoms. The van der Waals surface area contributed by atoms with Crippen molar-refractivity contribution in [1.82, 2.24) is 20.1 Å². The van der Waals surface area contributed by atoms with Gasteiger partial charge in [-0.2, -0.15) is 0 Å². The maximum atomic E-state index is 13.4. The summed E-state index contributed by atoms with van der Waals surface area (Å²) in [5.41, 5.74) is 4.38. The fourth-order valence-corrected chi connectivity index (χ4v) is 5.03. The van der Waals surface area contributed by atoms with Crippen LogP contribution in [0.4, 0.5) is 0 Å². The first-order valence-electron chi connectivity index (χ1n) is 11.2. The highest BCUT2D eigenvalue weighted by Gasteiger charge is 2.30. The smallest absolute Gasteiger partial charge is 0.240 e. The summed E-state index contributed by atoms with van der Waals surface area (Å²) in [4.78, 5) is 20.3. The average Bonchev–Trinajstić information content (AvgIpc) is 3.44. The lowest BCUT2D eigenvalue weighted by Crippen LogP contribution is -2.31. The van der Waals surface area contributed by atoms with E-state index >= 15 is 0 Å². The zero-order valence-corrected chi connectivity index (χ0v) is 19.0. The molecule has 1 aliphatic heterocycles. The van der Waals surface area contributed by atoms with Gasteiger partial charge in [-0.05, 0) is 18.4 Å². The molecule has 1 fully saturated rings. The van der Waals surface area contributed by atoms with E-state index in [1.807, 2.05) is 95.9 Å². The quantitative estimate of drug-likeness (QED) is 0.353. The van der Waals surface area contributed by atoms with Crippen LogP contribution in [0, 0.1) is 0 Å². The number of amides is 1. The molecule has 4 aromatic rings. The average molecular weight is 453 g/mol. The minimum absolute atomic E-state index is 0.112. The van der Waals surface area contributed by atoms with Crippen molar-refractivity contribution < 1.29 is 4.79 Å². The zero-order chi connectivity index (χ0) is 22.5. The van der Waals surface area contributed by atoms with Crippen molar-refractivity contribution >= 4 is 17.7 Å². The van der Waals surface area contributed by atoms with E-state index in [0.29, 0.717) is 5.16 Å². The number of likely N-dealkylation sites (tertiary alicyclic amines) is 1. The second-order valence-electron chi connectivity index (χ2n) is 7.96. The number of thioether (sulfide) groups is 1. The van der Waals surface area contributed by atoms with Crippen LogP contribution in [-0.2, 0) is 4.79 Å². The van der Waals surface area contributed by atoms with Crippen LogP contribution < -0.4 is 0 Å². The van der Waals surface area contributed by atoms with Gasteiger partial charge >= 0.3 is 0 Å². The normalized spacial score (nSPS) is 14.2. The van der Waals surface area contributed by atoms with E-state index in [-0.39, 0.29) is 5.91 Å². The van der Waals surface area contributed by atoms with Gasteiger partial charge in [-0.1, -0.05) is 103 Å². The highest BCUT2D eigenvalue weighted by molar-refractivity contribution is 8.00. The molecule has 2 heterocycles. The highest BCUT2D eigenvalue weighted by Crippen LogP contribution is 2.37. The highest BCUT2D eigenvalue weighted by atomic mass is 32.2. The van der Waals surface area contributed by atoms with E-state index in [1.54, 1.807) is 0 Å². The first kappa shape index (κ1) is 21.3. The van der Waals surface area contributed by atoms with Crippen LogP contribution in [0.25, 0.3) is 22.5 Å². The Labute approximate surface area is 197 Å². The van der Waals surface area contributed by atoms with E-state index in [0.717, 1.165) is 54.0 Å². The zero-order valence-electron chi connectivity index (χ0n) is 18.2. The summed E-state index contributed by atoms with van der Waals surface area (Å²) in [5, 5.41) is 9.11. The van der Waals surface area contributed by atoms with Gasteiger partial charge in [-0.25, -0.2) is 4.98 Å². The van der Waals surface area contributed by atoms with Crippen LogP contribution in [0.15, 0.2) is 96.2 Å². The molecule has 5 nitrogen and oxygen atoms in total. The minimum atomic E-state index is -0.405. The SMILES string of the molecule is O=C([C@H](Sc1nnc(-c2ccccc2)c(-c2ccccc2)n1)c1ccccc1)N1CCCC1. The summed E-state index contributed by atoms with van der Waals surface area (Å²) >= 11 is 1.37. The summed E-state index contributed by atoms with van der Waals surface area (Å²) in [6.07, 6.45) is 2.11. The number of aromatic nitrogens is 3. The molecule has 0 radical (unpaired) electrons. The maximum Gasteiger partial charge on any atom is 0.240 e. The molecule has 0 saturated carbocycles. The van der Waals surface area contributed by atoms with Crippen molar-refractivity contribution in [3.8, 4) is 22.5 Å². The van der Waals surface area contributed by atoms with Crippen molar-refractivity contribution in [3.05, 3.63) is 96.6 Å². The number of rotatable bonds is 6. The van der Waals surface area contributed by atoms with Gasteiger partial charge in [0.05, 0.1) is 0 Å². The number of nitrogens with zero attached hydrogens (tertiary/aromatic N) is 4. The van der Waals surface area contributed by atoms with Gasteiger partial charge in [0.2, 0.25) is 11.1 Å². The predicted octanol–water partition coefficient (Wildman–Crippen LogP) is 5.66. The van der Waals surface area contributed by atoms with E-state index in [9.17, 15) is 4.79 Å². The molecular weight excluding hydrogens is 428 g/mol. The van der Waals surface area contributed by atoms with Gasteiger partial charge in [0.25, 0.3) is 0 Å². The molecule has 3 aromatic carbocycles. The molecule has 0 aliphatic carbocycles. The fraction of sp³-hybridized carbons (Fsp3) is 0.185. The van der Waals surface area contributed by atoms with Crippen molar-refractivity contribution in [2.45, 2.75) is 23.2 Å². The molecular formula is C27H24N4OS. The number of carbonyl (C=O) groups is 1. The Morgan fingerprint density at radius 3 is 1.88 bits per heavy atom. The molecule has 1 atom stereocenters. The number of hydrogen-bond donors (Lipinski definition) is 0. The molecule has 6 heteroatoms. The molecule has 5 rings (SSSR count). The van der Waals surface area contributed by atoms with Crippen LogP contribution in [0.1, 0.15) is 23.7 Å². The van der Waals surface area contributed by atoms with Gasteiger partial charge in [0.15, 0.2) is 0 Å². The Morgan fingerprint density at radius 1 is 0.727 bits per heavy atom. The Hall–Kier alpha value is -3.51. The van der Waals surface area contributed by atoms with Gasteiger partial charge in [0, 0.05) is 24.2 Å². The summed E-state index contributed by atoms with van der Waals surface area (Å²) < 4.78 is 0. The van der Waals surface area contributed by atoms with Crippen molar-refractivity contribution in [1.29, 1.82) is 0 Å². The van der Waals surface area contributed by atoms with Gasteiger partial charge in [-0.3, -0.25) is 4.79 Å². The lowest BCUT2D eigenvalue weighted by atomic mass is 10.0. The predicted molar refractivity (Wildman–Crippen MR) is 132 cm³/mol. The Kier molecular flexibility index (Phi) is 6.44. The first-order valence-corrected chi connectivity index (χ1v) is 12.0. The maximum absolute atomic E-state index is 13.4. The Morgan fingerprint density at radius 2 is 1.27 bits per heavy atom. The molecule has 1 aromatic heterocycles. The second kappa shape index (κ2) is 9.96. The number of hydrogen-bond acceptors (Lipinski definition) is 5. The van der Waals surface area contributed by atoms with Gasteiger partial charge in [0.1, 0.15) is 16.6 Å². The molecule has 1 saturated heterocycles. The summed E-state index contributed by atoms with van der Waals surface area (Å²) in [6.45, 7) is 1.62. The molecule has 0 spiro atoms. The molecule has 0 bridgehead atoms. The third-order valence-corrected chi connectivity index (χ3v) is 6.82. The third-order valence-electron chi connectivity index (χ3n) is 5.73. The van der Waals surface area contributed by atoms with Crippen LogP contribution in [-0.4, -0.2) is 39.1 Å². The molecule has 164 valence electrons. The first-order chi connectivity index (χ1) is 16.3. The van der Waals surface area contributed by atoms with E-state index < -0.39 is 5.25 Å². The Balaban J connectivity index is 1.54. The standard InChI is InChI=1S/C27H24N4OS/c32-26(31-18-10-11-19-31)25(22-16-8-3-9-17-22)33-27-28-23(20-12-4-1-5-13-20)24(29-30-27)21-14-6-2-7-15-21/h1-9,12-17,25H,10-11,18-19H2/t25-/m1/s1. The number of benzene rings is 3. The second-order valence-corrected chi connectivity index (χ2v) is 9.04. The summed E-state index contributed by atoms with van der Waals surface area (Å²) in [5.74, 6) is 0.112. The van der Waals surface area contributed by atoms with E-state index in [2.05, 4.69) is 10.2 Å². The van der Waals surface area contributed by atoms with Crippen LogP contribution >= 0.6 is 11.8 Å². The largest absolute Gasteiger partial charge is 0.341 e. The van der Waals surface area contributed by atoms with Crippen LogP contribution in [0.2, 0.25) is 0 Å². The lowest BCUT2D eigenvalue weighted by molar-refractivity contribution is -0.129. The molecule has 1 amide bonds.